The Kier molecular flexibility index (Phi) is 6.10. The van der Waals surface area contributed by atoms with Crippen LogP contribution in [0.15, 0.2) is 24.7 Å². The number of benzene rings is 1. The maximum atomic E-state index is 14.3. The number of aromatic nitrogens is 2. The number of nitrogens with one attached hydrogen (secondary N) is 3. The standard InChI is InChI=1S/C16H18ClFN4O4S/c17-13-6-11(14-7-19-9-20-14)5-12(15(13)18)16(23)21-22-27(24,25)8-10-1-3-26-4-2-10/h5-7,9-10,22H,1-4,8H2,(H,19,20)(H,21,23). The molecule has 2 heterocycles. The van der Waals surface area contributed by atoms with E-state index in [4.69, 9.17) is 16.3 Å². The Bertz CT molecular complexity index is 915. The monoisotopic (exact) mass is 416 g/mol. The molecule has 1 fully saturated rings. The van der Waals surface area contributed by atoms with Crippen molar-refractivity contribution in [2.45, 2.75) is 12.8 Å². The number of nitrogens with zero attached hydrogens (tertiary/aromatic N) is 1. The average Bonchev–Trinajstić information content (AvgIpc) is 3.17. The second-order valence-electron chi connectivity index (χ2n) is 6.18. The highest BCUT2D eigenvalue weighted by Gasteiger charge is 2.23. The average molecular weight is 417 g/mol. The van der Waals surface area contributed by atoms with Crippen molar-refractivity contribution in [2.75, 3.05) is 19.0 Å². The number of amides is 1. The maximum Gasteiger partial charge on any atom is 0.269 e. The number of carbonyl (C=O) groups is 1. The van der Waals surface area contributed by atoms with Crippen molar-refractivity contribution in [2.24, 2.45) is 5.92 Å². The maximum absolute atomic E-state index is 14.3. The minimum Gasteiger partial charge on any atom is -0.381 e. The minimum absolute atomic E-state index is 0.0527. The molecule has 0 aliphatic carbocycles. The third-order valence-electron chi connectivity index (χ3n) is 4.20. The van der Waals surface area contributed by atoms with Gasteiger partial charge in [-0.2, -0.15) is 0 Å². The highest BCUT2D eigenvalue weighted by atomic mass is 35.5. The Morgan fingerprint density at radius 2 is 2.11 bits per heavy atom. The summed E-state index contributed by atoms with van der Waals surface area (Å²) >= 11 is 5.86. The summed E-state index contributed by atoms with van der Waals surface area (Å²) in [5.74, 6) is -2.09. The molecule has 0 atom stereocenters. The SMILES string of the molecule is O=C(NNS(=O)(=O)CC1CCOCC1)c1cc(-c2cnc[nH]2)cc(Cl)c1F. The van der Waals surface area contributed by atoms with Gasteiger partial charge in [-0.25, -0.2) is 17.8 Å². The Balaban J connectivity index is 1.70. The lowest BCUT2D eigenvalue weighted by molar-refractivity contribution is 0.0722. The number of aromatic amines is 1. The summed E-state index contributed by atoms with van der Waals surface area (Å²) in [6.45, 7) is 1.02. The molecular formula is C16H18ClFN4O4S. The molecule has 11 heteroatoms. The molecule has 146 valence electrons. The Labute approximate surface area is 160 Å². The molecule has 0 radical (unpaired) electrons. The highest BCUT2D eigenvalue weighted by Crippen LogP contribution is 2.26. The zero-order valence-electron chi connectivity index (χ0n) is 14.2. The molecule has 1 aromatic carbocycles. The van der Waals surface area contributed by atoms with Crippen LogP contribution in [-0.4, -0.2) is 43.3 Å². The van der Waals surface area contributed by atoms with Gasteiger partial charge in [0.15, 0.2) is 5.82 Å². The quantitative estimate of drug-likeness (QED) is 0.622. The molecule has 1 aliphatic rings. The van der Waals surface area contributed by atoms with Gasteiger partial charge in [-0.3, -0.25) is 10.2 Å². The van der Waals surface area contributed by atoms with Crippen LogP contribution in [0.4, 0.5) is 4.39 Å². The summed E-state index contributed by atoms with van der Waals surface area (Å²) < 4.78 is 43.7. The van der Waals surface area contributed by atoms with E-state index in [1.807, 2.05) is 10.3 Å². The van der Waals surface area contributed by atoms with Crippen LogP contribution in [0.5, 0.6) is 0 Å². The summed E-state index contributed by atoms with van der Waals surface area (Å²) in [6, 6.07) is 2.60. The molecule has 0 unspecified atom stereocenters. The van der Waals surface area contributed by atoms with E-state index in [-0.39, 0.29) is 22.3 Å². The van der Waals surface area contributed by atoms with Gasteiger partial charge in [0.2, 0.25) is 10.0 Å². The number of hydrogen-bond donors (Lipinski definition) is 3. The van der Waals surface area contributed by atoms with Gasteiger partial charge in [0, 0.05) is 18.8 Å². The van der Waals surface area contributed by atoms with Crippen molar-refractivity contribution in [3.63, 3.8) is 0 Å². The van der Waals surface area contributed by atoms with Gasteiger partial charge in [0.05, 0.1) is 34.6 Å². The van der Waals surface area contributed by atoms with Crippen LogP contribution in [0.1, 0.15) is 23.2 Å². The fourth-order valence-corrected chi connectivity index (χ4v) is 4.28. The van der Waals surface area contributed by atoms with Crippen molar-refractivity contribution in [3.05, 3.63) is 41.1 Å². The number of sulfonamides is 1. The van der Waals surface area contributed by atoms with Crippen LogP contribution in [0.25, 0.3) is 11.3 Å². The predicted molar refractivity (Wildman–Crippen MR) is 96.9 cm³/mol. The number of hydrogen-bond acceptors (Lipinski definition) is 5. The Morgan fingerprint density at radius 1 is 1.37 bits per heavy atom. The molecule has 3 rings (SSSR count). The normalized spacial score (nSPS) is 15.6. The molecule has 0 saturated carbocycles. The number of ether oxygens (including phenoxy) is 1. The number of rotatable bonds is 6. The van der Waals surface area contributed by atoms with E-state index in [0.29, 0.717) is 37.3 Å². The van der Waals surface area contributed by atoms with Gasteiger partial charge in [-0.05, 0) is 30.9 Å². The molecular weight excluding hydrogens is 399 g/mol. The third-order valence-corrected chi connectivity index (χ3v) is 5.80. The van der Waals surface area contributed by atoms with Crippen molar-refractivity contribution >= 4 is 27.5 Å². The van der Waals surface area contributed by atoms with Crippen LogP contribution in [0.3, 0.4) is 0 Å². The smallest absolute Gasteiger partial charge is 0.269 e. The summed E-state index contributed by atoms with van der Waals surface area (Å²) in [7, 11) is -3.77. The molecule has 1 saturated heterocycles. The zero-order valence-corrected chi connectivity index (χ0v) is 15.7. The van der Waals surface area contributed by atoms with Crippen LogP contribution in [0.2, 0.25) is 5.02 Å². The van der Waals surface area contributed by atoms with Gasteiger partial charge >= 0.3 is 0 Å². The van der Waals surface area contributed by atoms with E-state index in [9.17, 15) is 17.6 Å². The summed E-state index contributed by atoms with van der Waals surface area (Å²) in [6.07, 6.45) is 4.18. The highest BCUT2D eigenvalue weighted by molar-refractivity contribution is 7.89. The van der Waals surface area contributed by atoms with E-state index in [1.165, 1.54) is 24.7 Å². The number of H-pyrrole nitrogens is 1. The van der Waals surface area contributed by atoms with Crippen molar-refractivity contribution in [1.82, 2.24) is 20.2 Å². The largest absolute Gasteiger partial charge is 0.381 e. The summed E-state index contributed by atoms with van der Waals surface area (Å²) in [5.41, 5.74) is 2.62. The fraction of sp³-hybridized carbons (Fsp3) is 0.375. The molecule has 27 heavy (non-hydrogen) atoms. The lowest BCUT2D eigenvalue weighted by Gasteiger charge is -2.21. The Hall–Kier alpha value is -2.01. The zero-order chi connectivity index (χ0) is 19.4. The van der Waals surface area contributed by atoms with E-state index in [2.05, 4.69) is 9.97 Å². The van der Waals surface area contributed by atoms with E-state index in [1.54, 1.807) is 0 Å². The second kappa shape index (κ2) is 8.34. The van der Waals surface area contributed by atoms with Gasteiger partial charge in [-0.15, -0.1) is 4.83 Å². The molecule has 1 amide bonds. The molecule has 1 aromatic heterocycles. The lowest BCUT2D eigenvalue weighted by Crippen LogP contribution is -2.44. The van der Waals surface area contributed by atoms with E-state index >= 15 is 0 Å². The number of halogens is 2. The van der Waals surface area contributed by atoms with Gasteiger partial charge in [0.25, 0.3) is 5.91 Å². The van der Waals surface area contributed by atoms with Gasteiger partial charge < -0.3 is 9.72 Å². The molecule has 0 bridgehead atoms. The van der Waals surface area contributed by atoms with Crippen molar-refractivity contribution in [3.8, 4) is 11.3 Å². The van der Waals surface area contributed by atoms with Gasteiger partial charge in [0.1, 0.15) is 0 Å². The summed E-state index contributed by atoms with van der Waals surface area (Å²) in [4.78, 5) is 21.0. The molecule has 1 aliphatic heterocycles. The molecule has 0 spiro atoms. The van der Waals surface area contributed by atoms with Gasteiger partial charge in [-0.1, -0.05) is 11.6 Å². The van der Waals surface area contributed by atoms with Crippen LogP contribution < -0.4 is 10.3 Å². The van der Waals surface area contributed by atoms with Crippen LogP contribution in [-0.2, 0) is 14.8 Å². The molecule has 8 nitrogen and oxygen atoms in total. The molecule has 3 N–H and O–H groups in total. The first-order valence-corrected chi connectivity index (χ1v) is 10.2. The van der Waals surface area contributed by atoms with E-state index < -0.39 is 21.7 Å². The van der Waals surface area contributed by atoms with Crippen molar-refractivity contribution in [1.29, 1.82) is 0 Å². The lowest BCUT2D eigenvalue weighted by atomic mass is 10.0. The first-order chi connectivity index (χ1) is 12.9. The minimum atomic E-state index is -3.77. The van der Waals surface area contributed by atoms with Crippen LogP contribution >= 0.6 is 11.6 Å². The number of imidazole rings is 1. The van der Waals surface area contributed by atoms with Crippen LogP contribution in [0, 0.1) is 11.7 Å². The number of carbonyl (C=O) groups excluding carboxylic acids is 1. The fourth-order valence-electron chi connectivity index (χ4n) is 2.78. The first-order valence-electron chi connectivity index (χ1n) is 8.21. The molecule has 2 aromatic rings. The second-order valence-corrected chi connectivity index (χ2v) is 8.35. The van der Waals surface area contributed by atoms with E-state index in [0.717, 1.165) is 0 Å². The third kappa shape index (κ3) is 5.04. The predicted octanol–water partition coefficient (Wildman–Crippen LogP) is 1.86. The number of hydrazine groups is 1. The Morgan fingerprint density at radius 3 is 2.78 bits per heavy atom. The first kappa shape index (κ1) is 19.7. The van der Waals surface area contributed by atoms with Crippen molar-refractivity contribution < 1.29 is 22.3 Å². The summed E-state index contributed by atoms with van der Waals surface area (Å²) in [5, 5.41) is -0.266. The topological polar surface area (TPSA) is 113 Å².